The van der Waals surface area contributed by atoms with Gasteiger partial charge in [0.05, 0.1) is 0 Å². The predicted octanol–water partition coefficient (Wildman–Crippen LogP) is 0.509. The number of hydrogen-bond acceptors (Lipinski definition) is 3. The maximum atomic E-state index is 9.13. The van der Waals surface area contributed by atoms with Crippen LogP contribution in [0.1, 0.15) is 32.1 Å². The first-order valence-electron chi connectivity index (χ1n) is 5.33. The summed E-state index contributed by atoms with van der Waals surface area (Å²) in [5.74, 6) is 0.437. The lowest BCUT2D eigenvalue weighted by molar-refractivity contribution is 0.151. The maximum absolute atomic E-state index is 9.13. The average molecular weight is 187 g/mol. The summed E-state index contributed by atoms with van der Waals surface area (Å²) in [6.07, 6.45) is 5.66. The molecular formula is C10H21NO2. The lowest BCUT2D eigenvalue weighted by atomic mass is 9.85. The van der Waals surface area contributed by atoms with Crippen LogP contribution in [0.25, 0.3) is 0 Å². The molecule has 78 valence electrons. The molecule has 0 aromatic heterocycles. The molecule has 0 saturated heterocycles. The Bertz CT molecular complexity index is 130. The second-order valence-corrected chi connectivity index (χ2v) is 3.86. The molecule has 1 rings (SSSR count). The predicted molar refractivity (Wildman–Crippen MR) is 52.5 cm³/mol. The first kappa shape index (κ1) is 11.0. The molecule has 13 heavy (non-hydrogen) atoms. The van der Waals surface area contributed by atoms with Gasteiger partial charge in [0.1, 0.15) is 0 Å². The quantitative estimate of drug-likeness (QED) is 0.550. The van der Waals surface area contributed by atoms with Crippen molar-refractivity contribution in [3.8, 4) is 0 Å². The average Bonchev–Trinajstić information content (AvgIpc) is 2.19. The minimum Gasteiger partial charge on any atom is -0.396 e. The van der Waals surface area contributed by atoms with Crippen LogP contribution in [0, 0.1) is 5.92 Å². The Morgan fingerprint density at radius 1 is 1.15 bits per heavy atom. The Hall–Kier alpha value is -0.120. The number of hydrogen-bond donors (Lipinski definition) is 3. The van der Waals surface area contributed by atoms with Gasteiger partial charge in [-0.2, -0.15) is 0 Å². The molecule has 3 N–H and O–H groups in total. The van der Waals surface area contributed by atoms with Gasteiger partial charge in [0.15, 0.2) is 0 Å². The van der Waals surface area contributed by atoms with Crippen LogP contribution >= 0.6 is 0 Å². The molecule has 1 aliphatic rings. The number of rotatable bonds is 5. The van der Waals surface area contributed by atoms with E-state index in [2.05, 4.69) is 5.32 Å². The third-order valence-electron chi connectivity index (χ3n) is 2.89. The Morgan fingerprint density at radius 2 is 1.92 bits per heavy atom. The summed E-state index contributed by atoms with van der Waals surface area (Å²) in [5.41, 5.74) is 0. The molecule has 0 spiro atoms. The highest BCUT2D eigenvalue weighted by Crippen LogP contribution is 2.23. The molecule has 1 fully saturated rings. The molecule has 0 aliphatic heterocycles. The standard InChI is InChI=1S/C10H21NO2/c12-7-3-6-11-10-5-2-1-4-9(10)8-13/h9-13H,1-8H2/t9-,10+/m0/s1. The van der Waals surface area contributed by atoms with Crippen LogP contribution in [0.3, 0.4) is 0 Å². The molecular weight excluding hydrogens is 166 g/mol. The van der Waals surface area contributed by atoms with Gasteiger partial charge in [-0.15, -0.1) is 0 Å². The van der Waals surface area contributed by atoms with Crippen LogP contribution in [0.15, 0.2) is 0 Å². The molecule has 1 aliphatic carbocycles. The van der Waals surface area contributed by atoms with Gasteiger partial charge < -0.3 is 15.5 Å². The molecule has 0 unspecified atom stereocenters. The Kier molecular flexibility index (Phi) is 5.35. The van der Waals surface area contributed by atoms with Gasteiger partial charge in [0.2, 0.25) is 0 Å². The van der Waals surface area contributed by atoms with E-state index in [9.17, 15) is 0 Å². The SMILES string of the molecule is OCCCN[C@@H]1CCCC[C@H]1CO. The fourth-order valence-electron chi connectivity index (χ4n) is 2.06. The zero-order valence-corrected chi connectivity index (χ0v) is 8.21. The zero-order chi connectivity index (χ0) is 9.52. The minimum absolute atomic E-state index is 0.253. The van der Waals surface area contributed by atoms with Crippen molar-refractivity contribution in [1.82, 2.24) is 5.32 Å². The molecule has 3 heteroatoms. The second-order valence-electron chi connectivity index (χ2n) is 3.86. The fourth-order valence-corrected chi connectivity index (χ4v) is 2.06. The van der Waals surface area contributed by atoms with Crippen molar-refractivity contribution in [2.45, 2.75) is 38.1 Å². The molecule has 0 aromatic rings. The topological polar surface area (TPSA) is 52.5 Å². The lowest BCUT2D eigenvalue weighted by Gasteiger charge is -2.31. The Morgan fingerprint density at radius 3 is 2.62 bits per heavy atom. The van der Waals surface area contributed by atoms with Crippen LogP contribution in [0.5, 0.6) is 0 Å². The molecule has 0 radical (unpaired) electrons. The second kappa shape index (κ2) is 6.35. The summed E-state index contributed by atoms with van der Waals surface area (Å²) in [5, 5.41) is 21.2. The van der Waals surface area contributed by atoms with Crippen LogP contribution in [0.4, 0.5) is 0 Å². The summed E-state index contributed by atoms with van der Waals surface area (Å²) < 4.78 is 0. The monoisotopic (exact) mass is 187 g/mol. The highest BCUT2D eigenvalue weighted by atomic mass is 16.3. The Balaban J connectivity index is 2.19. The molecule has 0 heterocycles. The van der Waals surface area contributed by atoms with Crippen molar-refractivity contribution in [3.63, 3.8) is 0 Å². The van der Waals surface area contributed by atoms with E-state index >= 15 is 0 Å². The van der Waals surface area contributed by atoms with Crippen LogP contribution < -0.4 is 5.32 Å². The molecule has 1 saturated carbocycles. The summed E-state index contributed by atoms with van der Waals surface area (Å²) in [6.45, 7) is 1.43. The van der Waals surface area contributed by atoms with Gasteiger partial charge in [0, 0.05) is 19.3 Å². The van der Waals surface area contributed by atoms with E-state index in [1.54, 1.807) is 0 Å². The van der Waals surface area contributed by atoms with Gasteiger partial charge in [-0.05, 0) is 31.7 Å². The van der Waals surface area contributed by atoms with E-state index in [0.29, 0.717) is 18.6 Å². The number of aliphatic hydroxyl groups excluding tert-OH is 2. The van der Waals surface area contributed by atoms with Crippen molar-refractivity contribution in [2.24, 2.45) is 5.92 Å². The first-order valence-corrected chi connectivity index (χ1v) is 5.33. The van der Waals surface area contributed by atoms with Gasteiger partial charge in [-0.3, -0.25) is 0 Å². The number of aliphatic hydroxyl groups is 2. The van der Waals surface area contributed by atoms with Crippen molar-refractivity contribution in [2.75, 3.05) is 19.8 Å². The van der Waals surface area contributed by atoms with Crippen molar-refractivity contribution in [1.29, 1.82) is 0 Å². The molecule has 2 atom stereocenters. The van der Waals surface area contributed by atoms with E-state index < -0.39 is 0 Å². The summed E-state index contributed by atoms with van der Waals surface area (Å²) in [7, 11) is 0. The fraction of sp³-hybridized carbons (Fsp3) is 1.00. The lowest BCUT2D eigenvalue weighted by Crippen LogP contribution is -2.40. The van der Waals surface area contributed by atoms with Crippen molar-refractivity contribution >= 4 is 0 Å². The number of nitrogens with one attached hydrogen (secondary N) is 1. The highest BCUT2D eigenvalue weighted by molar-refractivity contribution is 4.80. The third-order valence-corrected chi connectivity index (χ3v) is 2.89. The van der Waals surface area contributed by atoms with Gasteiger partial charge in [-0.1, -0.05) is 12.8 Å². The van der Waals surface area contributed by atoms with Gasteiger partial charge in [0.25, 0.3) is 0 Å². The highest BCUT2D eigenvalue weighted by Gasteiger charge is 2.23. The van der Waals surface area contributed by atoms with E-state index in [4.69, 9.17) is 10.2 Å². The van der Waals surface area contributed by atoms with E-state index in [0.717, 1.165) is 19.4 Å². The van der Waals surface area contributed by atoms with Crippen LogP contribution in [-0.2, 0) is 0 Å². The van der Waals surface area contributed by atoms with Gasteiger partial charge in [-0.25, -0.2) is 0 Å². The Labute approximate surface area is 80.2 Å². The molecule has 0 aromatic carbocycles. The van der Waals surface area contributed by atoms with Crippen LogP contribution in [-0.4, -0.2) is 36.0 Å². The van der Waals surface area contributed by atoms with Crippen molar-refractivity contribution < 1.29 is 10.2 Å². The molecule has 0 bridgehead atoms. The summed E-state index contributed by atoms with van der Waals surface area (Å²) in [4.78, 5) is 0. The van der Waals surface area contributed by atoms with Gasteiger partial charge >= 0.3 is 0 Å². The molecule has 0 amide bonds. The molecule has 3 nitrogen and oxygen atoms in total. The summed E-state index contributed by atoms with van der Waals surface area (Å²) in [6, 6.07) is 0.477. The van der Waals surface area contributed by atoms with E-state index in [1.165, 1.54) is 19.3 Å². The maximum Gasteiger partial charge on any atom is 0.0474 e. The van der Waals surface area contributed by atoms with E-state index in [1.807, 2.05) is 0 Å². The van der Waals surface area contributed by atoms with E-state index in [-0.39, 0.29) is 6.61 Å². The third kappa shape index (κ3) is 3.63. The first-order chi connectivity index (χ1) is 6.38. The van der Waals surface area contributed by atoms with Crippen LogP contribution in [0.2, 0.25) is 0 Å². The zero-order valence-electron chi connectivity index (χ0n) is 8.21. The van der Waals surface area contributed by atoms with Crippen molar-refractivity contribution in [3.05, 3.63) is 0 Å². The summed E-state index contributed by atoms with van der Waals surface area (Å²) >= 11 is 0. The minimum atomic E-state index is 0.253. The largest absolute Gasteiger partial charge is 0.396 e. The normalized spacial score (nSPS) is 29.1. The smallest absolute Gasteiger partial charge is 0.0474 e.